The van der Waals surface area contributed by atoms with Crippen molar-refractivity contribution in [1.29, 1.82) is 0 Å². The summed E-state index contributed by atoms with van der Waals surface area (Å²) in [5, 5.41) is 11.6. The molecule has 0 aliphatic rings. The minimum Gasteiger partial charge on any atom is -0.481 e. The third-order valence-corrected chi connectivity index (χ3v) is 3.87. The smallest absolute Gasteiger partial charge is 0.317 e. The van der Waals surface area contributed by atoms with Crippen molar-refractivity contribution >= 4 is 23.8 Å². The maximum Gasteiger partial charge on any atom is 0.317 e. The van der Waals surface area contributed by atoms with Crippen LogP contribution in [-0.4, -0.2) is 53.1 Å². The Hall–Kier alpha value is -0.910. The van der Waals surface area contributed by atoms with Crippen molar-refractivity contribution in [2.24, 2.45) is 5.92 Å². The van der Waals surface area contributed by atoms with E-state index in [1.54, 1.807) is 23.7 Å². The second-order valence-corrected chi connectivity index (χ2v) is 6.12. The highest BCUT2D eigenvalue weighted by atomic mass is 32.2. The first-order valence-electron chi connectivity index (χ1n) is 6.53. The highest BCUT2D eigenvalue weighted by molar-refractivity contribution is 7.98. The van der Waals surface area contributed by atoms with Gasteiger partial charge in [-0.2, -0.15) is 11.8 Å². The maximum atomic E-state index is 12.1. The Morgan fingerprint density at radius 1 is 1.32 bits per heavy atom. The number of hydrogen-bond acceptors (Lipinski definition) is 3. The summed E-state index contributed by atoms with van der Waals surface area (Å²) < 4.78 is 0. The number of rotatable bonds is 8. The van der Waals surface area contributed by atoms with Crippen LogP contribution in [-0.2, 0) is 4.79 Å². The number of aliphatic carboxylic acids is 1. The van der Waals surface area contributed by atoms with Crippen molar-refractivity contribution in [3.8, 4) is 0 Å². The Kier molecular flexibility index (Phi) is 8.63. The molecule has 2 N–H and O–H groups in total. The molecule has 0 bridgehead atoms. The van der Waals surface area contributed by atoms with Gasteiger partial charge in [0.2, 0.25) is 0 Å². The Morgan fingerprint density at radius 3 is 2.32 bits per heavy atom. The molecule has 0 aromatic rings. The van der Waals surface area contributed by atoms with Crippen molar-refractivity contribution in [3.63, 3.8) is 0 Å². The molecular weight excluding hydrogens is 264 g/mol. The van der Waals surface area contributed by atoms with Gasteiger partial charge in [-0.05, 0) is 31.3 Å². The summed E-state index contributed by atoms with van der Waals surface area (Å²) in [4.78, 5) is 24.5. The molecule has 0 aromatic carbocycles. The zero-order valence-electron chi connectivity index (χ0n) is 12.5. The van der Waals surface area contributed by atoms with E-state index in [-0.39, 0.29) is 30.5 Å². The molecule has 2 atom stereocenters. The predicted octanol–water partition coefficient (Wildman–Crippen LogP) is 2.27. The summed E-state index contributed by atoms with van der Waals surface area (Å²) in [6.07, 6.45) is 2.92. The largest absolute Gasteiger partial charge is 0.481 e. The summed E-state index contributed by atoms with van der Waals surface area (Å²) in [7, 11) is 1.75. The van der Waals surface area contributed by atoms with Crippen LogP contribution in [0.5, 0.6) is 0 Å². The molecular formula is C13H26N2O3S. The van der Waals surface area contributed by atoms with Crippen LogP contribution < -0.4 is 5.32 Å². The Balaban J connectivity index is 4.41. The van der Waals surface area contributed by atoms with Crippen LogP contribution in [0.1, 0.15) is 33.6 Å². The predicted molar refractivity (Wildman–Crippen MR) is 79.6 cm³/mol. The first-order chi connectivity index (χ1) is 8.79. The van der Waals surface area contributed by atoms with Gasteiger partial charge in [0.1, 0.15) is 0 Å². The normalized spacial score (nSPS) is 14.0. The summed E-state index contributed by atoms with van der Waals surface area (Å²) in [6.45, 7) is 5.81. The fourth-order valence-electron chi connectivity index (χ4n) is 1.58. The maximum absolute atomic E-state index is 12.1. The van der Waals surface area contributed by atoms with E-state index in [1.807, 2.05) is 27.0 Å². The number of urea groups is 1. The zero-order valence-corrected chi connectivity index (χ0v) is 13.3. The van der Waals surface area contributed by atoms with E-state index >= 15 is 0 Å². The first kappa shape index (κ1) is 18.1. The molecule has 19 heavy (non-hydrogen) atoms. The van der Waals surface area contributed by atoms with Gasteiger partial charge in [0.05, 0.1) is 6.42 Å². The molecule has 0 aromatic heterocycles. The fourth-order valence-corrected chi connectivity index (χ4v) is 2.16. The quantitative estimate of drug-likeness (QED) is 0.719. The van der Waals surface area contributed by atoms with Crippen LogP contribution in [0.4, 0.5) is 4.79 Å². The minimum atomic E-state index is -0.892. The number of carbonyl (C=O) groups excluding carboxylic acids is 1. The van der Waals surface area contributed by atoms with Gasteiger partial charge in [0.15, 0.2) is 0 Å². The standard InChI is InChI=1S/C13H26N2O3S/c1-9(2)11(8-12(16)17)14-13(18)15(4)10(3)6-7-19-5/h9-11H,6-8H2,1-5H3,(H,14,18)(H,16,17). The van der Waals surface area contributed by atoms with Gasteiger partial charge in [-0.1, -0.05) is 13.8 Å². The molecule has 112 valence electrons. The third-order valence-electron chi connectivity index (χ3n) is 3.23. The number of carboxylic acid groups (broad SMARTS) is 1. The molecule has 0 saturated heterocycles. The zero-order chi connectivity index (χ0) is 15.0. The van der Waals surface area contributed by atoms with E-state index in [9.17, 15) is 9.59 Å². The van der Waals surface area contributed by atoms with E-state index < -0.39 is 5.97 Å². The molecule has 0 saturated carbocycles. The molecule has 5 nitrogen and oxygen atoms in total. The number of nitrogens with zero attached hydrogens (tertiary/aromatic N) is 1. The van der Waals surface area contributed by atoms with Crippen LogP contribution in [0.2, 0.25) is 0 Å². The van der Waals surface area contributed by atoms with E-state index in [0.717, 1.165) is 12.2 Å². The van der Waals surface area contributed by atoms with Gasteiger partial charge < -0.3 is 15.3 Å². The number of hydrogen-bond donors (Lipinski definition) is 2. The molecule has 2 unspecified atom stereocenters. The van der Waals surface area contributed by atoms with Crippen molar-refractivity contribution in [2.75, 3.05) is 19.1 Å². The Morgan fingerprint density at radius 2 is 1.89 bits per heavy atom. The van der Waals surface area contributed by atoms with Gasteiger partial charge in [-0.25, -0.2) is 4.79 Å². The average molecular weight is 290 g/mol. The lowest BCUT2D eigenvalue weighted by Crippen LogP contribution is -2.48. The van der Waals surface area contributed by atoms with E-state index in [1.165, 1.54) is 0 Å². The second kappa shape index (κ2) is 9.07. The third kappa shape index (κ3) is 7.30. The lowest BCUT2D eigenvalue weighted by atomic mass is 10.0. The van der Waals surface area contributed by atoms with Crippen LogP contribution in [0.25, 0.3) is 0 Å². The summed E-state index contributed by atoms with van der Waals surface area (Å²) >= 11 is 1.75. The van der Waals surface area contributed by atoms with Crippen molar-refractivity contribution in [2.45, 2.75) is 45.7 Å². The highest BCUT2D eigenvalue weighted by Gasteiger charge is 2.22. The van der Waals surface area contributed by atoms with Gasteiger partial charge in [0.25, 0.3) is 0 Å². The van der Waals surface area contributed by atoms with Gasteiger partial charge >= 0.3 is 12.0 Å². The molecule has 0 radical (unpaired) electrons. The molecule has 0 aliphatic carbocycles. The SMILES string of the molecule is CSCCC(C)N(C)C(=O)NC(CC(=O)O)C(C)C. The first-order valence-corrected chi connectivity index (χ1v) is 7.93. The van der Waals surface area contributed by atoms with Crippen molar-refractivity contribution in [3.05, 3.63) is 0 Å². The fraction of sp³-hybridized carbons (Fsp3) is 0.846. The molecule has 2 amide bonds. The molecule has 0 aliphatic heterocycles. The minimum absolute atomic E-state index is 0.0452. The van der Waals surface area contributed by atoms with Crippen LogP contribution >= 0.6 is 11.8 Å². The van der Waals surface area contributed by atoms with Gasteiger partial charge in [-0.3, -0.25) is 4.79 Å². The summed E-state index contributed by atoms with van der Waals surface area (Å²) in [6, 6.07) is -0.390. The topological polar surface area (TPSA) is 69.6 Å². The molecule has 0 heterocycles. The summed E-state index contributed by atoms with van der Waals surface area (Å²) in [5.41, 5.74) is 0. The van der Waals surface area contributed by atoms with Crippen LogP contribution in [0.15, 0.2) is 0 Å². The van der Waals surface area contributed by atoms with E-state index in [0.29, 0.717) is 0 Å². The number of amides is 2. The second-order valence-electron chi connectivity index (χ2n) is 5.14. The lowest BCUT2D eigenvalue weighted by molar-refractivity contribution is -0.137. The number of nitrogens with one attached hydrogen (secondary N) is 1. The Labute approximate surface area is 120 Å². The summed E-state index contributed by atoms with van der Waals surface area (Å²) in [5.74, 6) is 0.202. The van der Waals surface area contributed by atoms with Gasteiger partial charge in [-0.15, -0.1) is 0 Å². The molecule has 0 fully saturated rings. The number of carbonyl (C=O) groups is 2. The number of carboxylic acids is 1. The highest BCUT2D eigenvalue weighted by Crippen LogP contribution is 2.10. The van der Waals surface area contributed by atoms with E-state index in [2.05, 4.69) is 5.32 Å². The molecule has 0 spiro atoms. The molecule has 6 heteroatoms. The number of thioether (sulfide) groups is 1. The van der Waals surface area contributed by atoms with Crippen LogP contribution in [0.3, 0.4) is 0 Å². The molecule has 0 rings (SSSR count). The van der Waals surface area contributed by atoms with Crippen LogP contribution in [0, 0.1) is 5.92 Å². The average Bonchev–Trinajstić information content (AvgIpc) is 2.33. The van der Waals surface area contributed by atoms with Crippen molar-refractivity contribution in [1.82, 2.24) is 10.2 Å². The van der Waals surface area contributed by atoms with Gasteiger partial charge in [0, 0.05) is 19.1 Å². The monoisotopic (exact) mass is 290 g/mol. The van der Waals surface area contributed by atoms with Crippen molar-refractivity contribution < 1.29 is 14.7 Å². The lowest BCUT2D eigenvalue weighted by Gasteiger charge is -2.29. The van der Waals surface area contributed by atoms with E-state index in [4.69, 9.17) is 5.11 Å². The Bertz CT molecular complexity index is 298.